The second kappa shape index (κ2) is 4.78. The first-order chi connectivity index (χ1) is 9.44. The van der Waals surface area contributed by atoms with Gasteiger partial charge in [-0.1, -0.05) is 36.4 Å². The van der Waals surface area contributed by atoms with Gasteiger partial charge in [0, 0.05) is 13.1 Å². The zero-order chi connectivity index (χ0) is 14.4. The van der Waals surface area contributed by atoms with Crippen LogP contribution in [0.3, 0.4) is 0 Å². The predicted molar refractivity (Wildman–Crippen MR) is 82.8 cm³/mol. The fraction of sp³-hybridized carbons (Fsp3) is 0.438. The van der Waals surface area contributed by atoms with Crippen molar-refractivity contribution < 1.29 is 4.79 Å². The highest BCUT2D eigenvalue weighted by Crippen LogP contribution is 2.64. The molecule has 1 aromatic rings. The maximum atomic E-state index is 12.5. The Morgan fingerprint density at radius 1 is 1.25 bits per heavy atom. The zero-order valence-electron chi connectivity index (χ0n) is 11.4. The van der Waals surface area contributed by atoms with Crippen LogP contribution in [0, 0.1) is 5.41 Å². The fourth-order valence-electron chi connectivity index (χ4n) is 2.75. The maximum Gasteiger partial charge on any atom is 0.231 e. The molecular weight excluding hydrogens is 293 g/mol. The molecule has 106 valence electrons. The third-order valence-electron chi connectivity index (χ3n) is 4.37. The lowest BCUT2D eigenvalue weighted by molar-refractivity contribution is -0.136. The van der Waals surface area contributed by atoms with Crippen LogP contribution in [0.5, 0.6) is 0 Å². The van der Waals surface area contributed by atoms with Crippen molar-refractivity contribution >= 4 is 34.7 Å². The summed E-state index contributed by atoms with van der Waals surface area (Å²) in [5, 5.41) is 0. The van der Waals surface area contributed by atoms with Crippen LogP contribution in [0.25, 0.3) is 5.57 Å². The Morgan fingerprint density at radius 2 is 1.90 bits per heavy atom. The lowest BCUT2D eigenvalue weighted by Crippen LogP contribution is -2.40. The molecule has 1 saturated carbocycles. The minimum atomic E-state index is -0.881. The minimum Gasteiger partial charge on any atom is -0.338 e. The molecule has 1 unspecified atom stereocenters. The maximum absolute atomic E-state index is 12.5. The van der Waals surface area contributed by atoms with Crippen molar-refractivity contribution in [2.45, 2.75) is 24.1 Å². The van der Waals surface area contributed by atoms with E-state index in [2.05, 4.69) is 18.2 Å². The molecule has 0 aromatic heterocycles. The first kappa shape index (κ1) is 14.0. The SMILES string of the molecule is CC1(C(=O)N2CC=C(c3ccccc3)CC2)CC1(Cl)Cl. The minimum absolute atomic E-state index is 0.0749. The van der Waals surface area contributed by atoms with E-state index in [-0.39, 0.29) is 5.91 Å². The average molecular weight is 310 g/mol. The summed E-state index contributed by atoms with van der Waals surface area (Å²) in [6.45, 7) is 3.23. The number of alkyl halides is 2. The van der Waals surface area contributed by atoms with Crippen molar-refractivity contribution in [3.8, 4) is 0 Å². The predicted octanol–water partition coefficient (Wildman–Crippen LogP) is 3.89. The molecule has 2 aliphatic rings. The summed E-state index contributed by atoms with van der Waals surface area (Å²) < 4.78 is -0.881. The Kier molecular flexibility index (Phi) is 3.34. The second-order valence-electron chi connectivity index (χ2n) is 5.81. The summed E-state index contributed by atoms with van der Waals surface area (Å²) in [7, 11) is 0. The summed E-state index contributed by atoms with van der Waals surface area (Å²) in [5.41, 5.74) is 1.94. The van der Waals surface area contributed by atoms with Crippen LogP contribution in [-0.2, 0) is 4.79 Å². The van der Waals surface area contributed by atoms with Gasteiger partial charge in [-0.25, -0.2) is 0 Å². The highest BCUT2D eigenvalue weighted by atomic mass is 35.5. The monoisotopic (exact) mass is 309 g/mol. The standard InChI is InChI=1S/C16H17Cl2NO/c1-15(11-16(15,17)18)14(20)19-9-7-13(8-10-19)12-5-3-2-4-6-12/h2-7H,8-11H2,1H3. The van der Waals surface area contributed by atoms with Crippen LogP contribution >= 0.6 is 23.2 Å². The molecule has 1 amide bonds. The van der Waals surface area contributed by atoms with E-state index in [0.717, 1.165) is 13.0 Å². The van der Waals surface area contributed by atoms with Crippen LogP contribution < -0.4 is 0 Å². The van der Waals surface area contributed by atoms with E-state index < -0.39 is 9.75 Å². The molecule has 0 bridgehead atoms. The Balaban J connectivity index is 1.70. The van der Waals surface area contributed by atoms with E-state index in [9.17, 15) is 4.79 Å². The molecular formula is C16H17Cl2NO. The molecule has 3 rings (SSSR count). The molecule has 2 nitrogen and oxygen atoms in total. The molecule has 20 heavy (non-hydrogen) atoms. The quantitative estimate of drug-likeness (QED) is 0.759. The highest BCUT2D eigenvalue weighted by molar-refractivity contribution is 6.53. The Labute approximate surface area is 129 Å². The molecule has 4 heteroatoms. The third-order valence-corrected chi connectivity index (χ3v) is 5.47. The summed E-state index contributed by atoms with van der Waals surface area (Å²) in [4.78, 5) is 14.3. The number of amides is 1. The molecule has 1 fully saturated rings. The number of hydrogen-bond acceptors (Lipinski definition) is 1. The molecule has 1 atom stereocenters. The molecule has 0 radical (unpaired) electrons. The van der Waals surface area contributed by atoms with E-state index in [4.69, 9.17) is 23.2 Å². The van der Waals surface area contributed by atoms with Gasteiger partial charge in [0.15, 0.2) is 0 Å². The first-order valence-corrected chi connectivity index (χ1v) is 7.61. The van der Waals surface area contributed by atoms with Crippen molar-refractivity contribution in [1.82, 2.24) is 4.90 Å². The van der Waals surface area contributed by atoms with Gasteiger partial charge in [0.2, 0.25) is 5.91 Å². The van der Waals surface area contributed by atoms with Gasteiger partial charge in [0.25, 0.3) is 0 Å². The van der Waals surface area contributed by atoms with E-state index >= 15 is 0 Å². The van der Waals surface area contributed by atoms with Gasteiger partial charge < -0.3 is 4.90 Å². The van der Waals surface area contributed by atoms with Crippen LogP contribution in [-0.4, -0.2) is 28.2 Å². The fourth-order valence-corrected chi connectivity index (χ4v) is 3.45. The van der Waals surface area contributed by atoms with Crippen LogP contribution in [0.15, 0.2) is 36.4 Å². The largest absolute Gasteiger partial charge is 0.338 e. The summed E-state index contributed by atoms with van der Waals surface area (Å²) in [6, 6.07) is 10.3. The molecule has 1 aliphatic carbocycles. The average Bonchev–Trinajstić information content (AvgIpc) is 2.99. The van der Waals surface area contributed by atoms with Crippen LogP contribution in [0.1, 0.15) is 25.3 Å². The summed E-state index contributed by atoms with van der Waals surface area (Å²) >= 11 is 12.2. The van der Waals surface area contributed by atoms with E-state index in [1.54, 1.807) is 0 Å². The highest BCUT2D eigenvalue weighted by Gasteiger charge is 2.68. The first-order valence-electron chi connectivity index (χ1n) is 6.86. The number of halogens is 2. The van der Waals surface area contributed by atoms with E-state index in [1.165, 1.54) is 11.1 Å². The Hall–Kier alpha value is -0.990. The Bertz CT molecular complexity index is 567. The van der Waals surface area contributed by atoms with Gasteiger partial charge in [-0.3, -0.25) is 4.79 Å². The topological polar surface area (TPSA) is 20.3 Å². The molecule has 0 N–H and O–H groups in total. The summed E-state index contributed by atoms with van der Waals surface area (Å²) in [6.07, 6.45) is 3.56. The van der Waals surface area contributed by atoms with Gasteiger partial charge >= 0.3 is 0 Å². The van der Waals surface area contributed by atoms with Crippen molar-refractivity contribution in [2.75, 3.05) is 13.1 Å². The summed E-state index contributed by atoms with van der Waals surface area (Å²) in [5.74, 6) is 0.0749. The molecule has 1 aliphatic heterocycles. The van der Waals surface area contributed by atoms with Gasteiger partial charge in [-0.15, -0.1) is 23.2 Å². The molecule has 0 saturated heterocycles. The van der Waals surface area contributed by atoms with Crippen molar-refractivity contribution in [3.63, 3.8) is 0 Å². The van der Waals surface area contributed by atoms with Gasteiger partial charge in [-0.2, -0.15) is 0 Å². The lowest BCUT2D eigenvalue weighted by Gasteiger charge is -2.29. The van der Waals surface area contributed by atoms with E-state index in [0.29, 0.717) is 13.0 Å². The number of carbonyl (C=O) groups excluding carboxylic acids is 1. The van der Waals surface area contributed by atoms with Crippen LogP contribution in [0.4, 0.5) is 0 Å². The molecule has 1 heterocycles. The van der Waals surface area contributed by atoms with Crippen molar-refractivity contribution in [2.24, 2.45) is 5.41 Å². The van der Waals surface area contributed by atoms with Gasteiger partial charge in [0.05, 0.1) is 5.41 Å². The number of rotatable bonds is 2. The molecule has 1 aromatic carbocycles. The van der Waals surface area contributed by atoms with E-state index in [1.807, 2.05) is 30.0 Å². The number of benzene rings is 1. The van der Waals surface area contributed by atoms with Crippen molar-refractivity contribution in [1.29, 1.82) is 0 Å². The van der Waals surface area contributed by atoms with Gasteiger partial charge in [-0.05, 0) is 30.9 Å². The zero-order valence-corrected chi connectivity index (χ0v) is 12.9. The lowest BCUT2D eigenvalue weighted by atomic mass is 9.98. The number of carbonyl (C=O) groups is 1. The third kappa shape index (κ3) is 2.25. The van der Waals surface area contributed by atoms with Crippen molar-refractivity contribution in [3.05, 3.63) is 42.0 Å². The normalized spacial score (nSPS) is 27.9. The smallest absolute Gasteiger partial charge is 0.231 e. The number of nitrogens with zero attached hydrogens (tertiary/aromatic N) is 1. The van der Waals surface area contributed by atoms with Crippen LogP contribution in [0.2, 0.25) is 0 Å². The second-order valence-corrected chi connectivity index (χ2v) is 7.29. The van der Waals surface area contributed by atoms with Gasteiger partial charge in [0.1, 0.15) is 4.33 Å². The Morgan fingerprint density at radius 3 is 2.40 bits per heavy atom. The number of hydrogen-bond donors (Lipinski definition) is 0. The molecule has 0 spiro atoms.